The molecule has 1 heterocycles. The number of rotatable bonds is 1. The third kappa shape index (κ3) is 0.735. The molecule has 1 atom stereocenters. The molecule has 1 rings (SSSR count). The maximum Gasteiger partial charge on any atom is 0.222 e. The zero-order chi connectivity index (χ0) is 6.15. The number of carbonyl (C=O) groups is 1. The number of amides is 1. The Kier molecular flexibility index (Phi) is 1.08. The van der Waals surface area contributed by atoms with E-state index in [2.05, 4.69) is 11.9 Å². The van der Waals surface area contributed by atoms with Crippen molar-refractivity contribution in [1.29, 1.82) is 0 Å². The van der Waals surface area contributed by atoms with Gasteiger partial charge in [-0.1, -0.05) is 12.2 Å². The summed E-state index contributed by atoms with van der Waals surface area (Å²) in [6.45, 7) is 5.62. The molecule has 1 amide bonds. The van der Waals surface area contributed by atoms with E-state index in [1.165, 1.54) is 0 Å². The van der Waals surface area contributed by atoms with Crippen molar-refractivity contribution in [3.05, 3.63) is 12.2 Å². The van der Waals surface area contributed by atoms with Crippen LogP contribution in [0.3, 0.4) is 0 Å². The molecule has 0 bridgehead atoms. The predicted octanol–water partition coefficient (Wildman–Crippen LogP) is 0.451. The van der Waals surface area contributed by atoms with E-state index in [1.54, 1.807) is 0 Å². The Bertz CT molecular complexity index is 131. The van der Waals surface area contributed by atoms with Gasteiger partial charge >= 0.3 is 0 Å². The highest BCUT2D eigenvalue weighted by molar-refractivity contribution is 5.83. The Morgan fingerprint density at radius 3 is 2.62 bits per heavy atom. The summed E-state index contributed by atoms with van der Waals surface area (Å²) in [5.74, 6) is 0.137. The van der Waals surface area contributed by atoms with Gasteiger partial charge in [-0.25, -0.2) is 0 Å². The lowest BCUT2D eigenvalue weighted by molar-refractivity contribution is -0.127. The molecule has 8 heavy (non-hydrogen) atoms. The van der Waals surface area contributed by atoms with Gasteiger partial charge in [0.05, 0.1) is 12.5 Å². The number of β-lactam (4-membered cyclic amide) rings is 1. The van der Waals surface area contributed by atoms with Gasteiger partial charge in [0.15, 0.2) is 0 Å². The van der Waals surface area contributed by atoms with Gasteiger partial charge in [0, 0.05) is 0 Å². The van der Waals surface area contributed by atoms with E-state index in [4.69, 9.17) is 0 Å². The summed E-state index contributed by atoms with van der Waals surface area (Å²) in [6.07, 6.45) is 0.634. The third-order valence-electron chi connectivity index (χ3n) is 1.32. The van der Waals surface area contributed by atoms with Crippen molar-refractivity contribution in [2.75, 3.05) is 0 Å². The first-order valence-corrected chi connectivity index (χ1v) is 2.65. The minimum Gasteiger partial charge on any atom is -0.349 e. The highest BCUT2D eigenvalue weighted by atomic mass is 16.2. The van der Waals surface area contributed by atoms with Gasteiger partial charge < -0.3 is 5.32 Å². The van der Waals surface area contributed by atoms with Crippen molar-refractivity contribution in [3.8, 4) is 0 Å². The van der Waals surface area contributed by atoms with Crippen LogP contribution < -0.4 is 5.32 Å². The number of nitrogens with one attached hydrogen (secondary N) is 1. The van der Waals surface area contributed by atoms with Gasteiger partial charge in [0.2, 0.25) is 5.91 Å². The lowest BCUT2D eigenvalue weighted by Crippen LogP contribution is -2.48. The normalized spacial score (nSPS) is 26.1. The van der Waals surface area contributed by atoms with Gasteiger partial charge in [-0.2, -0.15) is 0 Å². The third-order valence-corrected chi connectivity index (χ3v) is 1.32. The topological polar surface area (TPSA) is 29.1 Å². The zero-order valence-corrected chi connectivity index (χ0v) is 4.90. The van der Waals surface area contributed by atoms with Crippen LogP contribution in [0.2, 0.25) is 0 Å². The second-order valence-corrected chi connectivity index (χ2v) is 2.17. The first-order chi connectivity index (χ1) is 3.70. The van der Waals surface area contributed by atoms with Crippen LogP contribution in [0.15, 0.2) is 12.2 Å². The van der Waals surface area contributed by atoms with Crippen LogP contribution in [0, 0.1) is 0 Å². The lowest BCUT2D eigenvalue weighted by Gasteiger charge is -2.26. The monoisotopic (exact) mass is 111 g/mol. The van der Waals surface area contributed by atoms with E-state index >= 15 is 0 Å². The molecule has 0 aromatic rings. The van der Waals surface area contributed by atoms with Crippen LogP contribution in [-0.2, 0) is 4.79 Å². The fraction of sp³-hybridized carbons (Fsp3) is 0.500. The summed E-state index contributed by atoms with van der Waals surface area (Å²) in [5.41, 5.74) is 1.05. The summed E-state index contributed by atoms with van der Waals surface area (Å²) >= 11 is 0. The summed E-state index contributed by atoms with van der Waals surface area (Å²) in [4.78, 5) is 10.3. The minimum absolute atomic E-state index is 0.137. The summed E-state index contributed by atoms with van der Waals surface area (Å²) in [7, 11) is 0. The van der Waals surface area contributed by atoms with Crippen LogP contribution in [0.5, 0.6) is 0 Å². The van der Waals surface area contributed by atoms with E-state index in [1.807, 2.05) is 6.92 Å². The van der Waals surface area contributed by atoms with Crippen LogP contribution in [0.1, 0.15) is 13.3 Å². The molecule has 1 fully saturated rings. The molecule has 1 aliphatic rings. The van der Waals surface area contributed by atoms with Crippen molar-refractivity contribution in [2.24, 2.45) is 0 Å². The molecule has 0 aromatic heterocycles. The van der Waals surface area contributed by atoms with E-state index in [0.29, 0.717) is 6.42 Å². The summed E-state index contributed by atoms with van der Waals surface area (Å²) in [5, 5.41) is 2.70. The average molecular weight is 111 g/mol. The zero-order valence-electron chi connectivity index (χ0n) is 4.90. The van der Waals surface area contributed by atoms with Crippen molar-refractivity contribution < 1.29 is 4.79 Å². The second kappa shape index (κ2) is 1.62. The van der Waals surface area contributed by atoms with Crippen LogP contribution in [0.4, 0.5) is 0 Å². The highest BCUT2D eigenvalue weighted by Crippen LogP contribution is 2.10. The quantitative estimate of drug-likeness (QED) is 0.386. The van der Waals surface area contributed by atoms with Crippen LogP contribution in [0.25, 0.3) is 0 Å². The lowest BCUT2D eigenvalue weighted by atomic mass is 10.0. The Labute approximate surface area is 48.6 Å². The fourth-order valence-corrected chi connectivity index (χ4v) is 0.656. The molecular weight excluding hydrogens is 102 g/mol. The molecule has 2 heteroatoms. The van der Waals surface area contributed by atoms with Crippen molar-refractivity contribution >= 4 is 5.91 Å². The summed E-state index contributed by atoms with van der Waals surface area (Å²) in [6, 6.07) is 0.266. The van der Waals surface area contributed by atoms with E-state index in [0.717, 1.165) is 5.57 Å². The first kappa shape index (κ1) is 5.35. The predicted molar refractivity (Wildman–Crippen MR) is 31.4 cm³/mol. The largest absolute Gasteiger partial charge is 0.349 e. The molecule has 1 aliphatic heterocycles. The van der Waals surface area contributed by atoms with Crippen LogP contribution in [-0.4, -0.2) is 11.9 Å². The Hall–Kier alpha value is -0.790. The Morgan fingerprint density at radius 2 is 2.50 bits per heavy atom. The molecule has 0 aliphatic carbocycles. The van der Waals surface area contributed by atoms with Crippen LogP contribution >= 0.6 is 0 Å². The maximum atomic E-state index is 10.3. The van der Waals surface area contributed by atoms with Crippen molar-refractivity contribution in [2.45, 2.75) is 19.4 Å². The standard InChI is InChI=1S/C6H9NO/c1-4(2)5-3-6(8)7-5/h5H,1,3H2,2H3,(H,7,8)/t5-/m0/s1. The van der Waals surface area contributed by atoms with E-state index in [-0.39, 0.29) is 11.9 Å². The summed E-state index contributed by atoms with van der Waals surface area (Å²) < 4.78 is 0. The van der Waals surface area contributed by atoms with Gasteiger partial charge in [-0.15, -0.1) is 0 Å². The van der Waals surface area contributed by atoms with Crippen molar-refractivity contribution in [3.63, 3.8) is 0 Å². The number of hydrogen-bond acceptors (Lipinski definition) is 1. The molecule has 0 radical (unpaired) electrons. The smallest absolute Gasteiger partial charge is 0.222 e. The molecule has 1 N–H and O–H groups in total. The molecule has 1 saturated heterocycles. The van der Waals surface area contributed by atoms with Crippen molar-refractivity contribution in [1.82, 2.24) is 5.32 Å². The second-order valence-electron chi connectivity index (χ2n) is 2.17. The molecule has 0 aromatic carbocycles. The Morgan fingerprint density at radius 1 is 2.00 bits per heavy atom. The Balaban J connectivity index is 2.35. The highest BCUT2D eigenvalue weighted by Gasteiger charge is 2.24. The molecular formula is C6H9NO. The number of hydrogen-bond donors (Lipinski definition) is 1. The molecule has 2 nitrogen and oxygen atoms in total. The van der Waals surface area contributed by atoms with Gasteiger partial charge in [0.1, 0.15) is 0 Å². The van der Waals surface area contributed by atoms with E-state index in [9.17, 15) is 4.79 Å². The first-order valence-electron chi connectivity index (χ1n) is 2.65. The van der Waals surface area contributed by atoms with Gasteiger partial charge in [0.25, 0.3) is 0 Å². The van der Waals surface area contributed by atoms with E-state index < -0.39 is 0 Å². The fourth-order valence-electron chi connectivity index (χ4n) is 0.656. The molecule has 44 valence electrons. The maximum absolute atomic E-state index is 10.3. The number of carbonyl (C=O) groups excluding carboxylic acids is 1. The van der Waals surface area contributed by atoms with Gasteiger partial charge in [-0.05, 0) is 6.92 Å². The minimum atomic E-state index is 0.137. The average Bonchev–Trinajstić information content (AvgIpc) is 1.57. The molecule has 0 unspecified atom stereocenters. The molecule has 0 saturated carbocycles. The SMILES string of the molecule is C=C(C)[C@@H]1CC(=O)N1. The van der Waals surface area contributed by atoms with Gasteiger partial charge in [-0.3, -0.25) is 4.79 Å². The molecule has 0 spiro atoms.